The molecule has 10 heteroatoms. The molecule has 26 heavy (non-hydrogen) atoms. The molecule has 3 rings (SSSR count). The summed E-state index contributed by atoms with van der Waals surface area (Å²) in [7, 11) is -2.51. The van der Waals surface area contributed by atoms with Gasteiger partial charge in [-0.05, 0) is 36.4 Å². The van der Waals surface area contributed by atoms with Crippen molar-refractivity contribution in [1.82, 2.24) is 10.1 Å². The lowest BCUT2D eigenvalue weighted by Gasteiger charge is -2.09. The Morgan fingerprint density at radius 1 is 1.04 bits per heavy atom. The third-order valence-electron chi connectivity index (χ3n) is 3.45. The number of hydrogen-bond donors (Lipinski definition) is 0. The van der Waals surface area contributed by atoms with Gasteiger partial charge < -0.3 is 9.26 Å². The van der Waals surface area contributed by atoms with Crippen molar-refractivity contribution in [3.63, 3.8) is 0 Å². The Bertz CT molecular complexity index is 1030. The first-order chi connectivity index (χ1) is 12.2. The second-order valence-electron chi connectivity index (χ2n) is 5.10. The van der Waals surface area contributed by atoms with E-state index < -0.39 is 21.9 Å². The Morgan fingerprint density at radius 2 is 1.69 bits per heavy atom. The number of para-hydroxylation sites is 1. The van der Waals surface area contributed by atoms with Crippen LogP contribution in [0.1, 0.15) is 5.89 Å². The van der Waals surface area contributed by atoms with Crippen molar-refractivity contribution in [2.45, 2.75) is 16.0 Å². The number of hydrogen-bond acceptors (Lipinski definition) is 6. The van der Waals surface area contributed by atoms with Crippen molar-refractivity contribution in [2.75, 3.05) is 7.11 Å². The lowest BCUT2D eigenvalue weighted by Crippen LogP contribution is -2.05. The predicted molar refractivity (Wildman–Crippen MR) is 83.2 cm³/mol. The summed E-state index contributed by atoms with van der Waals surface area (Å²) in [5, 5.41) is 3.25. The summed E-state index contributed by atoms with van der Waals surface area (Å²) in [6, 6.07) is 11.2. The summed E-state index contributed by atoms with van der Waals surface area (Å²) in [4.78, 5) is 3.19. The lowest BCUT2D eigenvalue weighted by molar-refractivity contribution is -0.159. The van der Waals surface area contributed by atoms with E-state index in [1.165, 1.54) is 43.5 Å². The molecule has 1 aromatic heterocycles. The van der Waals surface area contributed by atoms with E-state index >= 15 is 0 Å². The molecule has 0 saturated heterocycles. The van der Waals surface area contributed by atoms with Gasteiger partial charge in [-0.3, -0.25) is 0 Å². The minimum Gasteiger partial charge on any atom is -0.495 e. The molecule has 0 aliphatic rings. The molecule has 0 N–H and O–H groups in total. The summed E-state index contributed by atoms with van der Waals surface area (Å²) in [5.74, 6) is -1.58. The van der Waals surface area contributed by atoms with Crippen LogP contribution in [0.5, 0.6) is 5.75 Å². The van der Waals surface area contributed by atoms with E-state index in [9.17, 15) is 21.6 Å². The number of ether oxygens (including phenoxy) is 1. The third kappa shape index (κ3) is 3.27. The van der Waals surface area contributed by atoms with Crippen molar-refractivity contribution in [2.24, 2.45) is 0 Å². The van der Waals surface area contributed by atoms with Gasteiger partial charge in [0.05, 0.1) is 12.0 Å². The zero-order valence-corrected chi connectivity index (χ0v) is 14.0. The molecule has 1 heterocycles. The number of methoxy groups -OCH3 is 1. The molecular formula is C16H11F3N2O4S. The minimum absolute atomic E-state index is 0.0193. The Morgan fingerprint density at radius 3 is 2.27 bits per heavy atom. The molecule has 0 radical (unpaired) electrons. The van der Waals surface area contributed by atoms with Gasteiger partial charge in [-0.2, -0.15) is 18.2 Å². The van der Waals surface area contributed by atoms with Crippen molar-refractivity contribution in [3.05, 3.63) is 54.4 Å². The highest BCUT2D eigenvalue weighted by molar-refractivity contribution is 7.91. The van der Waals surface area contributed by atoms with Crippen molar-refractivity contribution in [1.29, 1.82) is 0 Å². The fraction of sp³-hybridized carbons (Fsp3) is 0.125. The van der Waals surface area contributed by atoms with Crippen LogP contribution in [0.25, 0.3) is 11.4 Å². The quantitative estimate of drug-likeness (QED) is 0.684. The van der Waals surface area contributed by atoms with Gasteiger partial charge in [-0.15, -0.1) is 0 Å². The number of nitrogens with zero attached hydrogens (tertiary/aromatic N) is 2. The van der Waals surface area contributed by atoms with E-state index in [-0.39, 0.29) is 26.9 Å². The normalized spacial score (nSPS) is 12.2. The summed E-state index contributed by atoms with van der Waals surface area (Å²) in [6.45, 7) is 0. The summed E-state index contributed by atoms with van der Waals surface area (Å²) >= 11 is 0. The third-order valence-corrected chi connectivity index (χ3v) is 5.26. The van der Waals surface area contributed by atoms with Gasteiger partial charge in [0.25, 0.3) is 0 Å². The smallest absolute Gasteiger partial charge is 0.471 e. The number of aromatic nitrogens is 2. The number of rotatable bonds is 4. The maximum atomic E-state index is 12.7. The first-order valence-corrected chi connectivity index (χ1v) is 8.61. The van der Waals surface area contributed by atoms with Gasteiger partial charge in [0.15, 0.2) is 0 Å². The van der Waals surface area contributed by atoms with Gasteiger partial charge in [-0.25, -0.2) is 8.42 Å². The van der Waals surface area contributed by atoms with Crippen LogP contribution in [0.2, 0.25) is 0 Å². The maximum Gasteiger partial charge on any atom is 0.471 e. The van der Waals surface area contributed by atoms with Crippen molar-refractivity contribution < 1.29 is 30.8 Å². The molecule has 0 atom stereocenters. The lowest BCUT2D eigenvalue weighted by atomic mass is 10.2. The molecule has 0 saturated carbocycles. The molecule has 136 valence electrons. The van der Waals surface area contributed by atoms with Crippen molar-refractivity contribution in [3.8, 4) is 17.1 Å². The van der Waals surface area contributed by atoms with Crippen LogP contribution in [-0.4, -0.2) is 25.7 Å². The number of sulfone groups is 1. The Labute approximate surface area is 146 Å². The molecule has 0 bridgehead atoms. The molecule has 0 aliphatic heterocycles. The second kappa shape index (κ2) is 6.45. The van der Waals surface area contributed by atoms with Gasteiger partial charge in [0.1, 0.15) is 10.6 Å². The number of alkyl halides is 3. The molecule has 0 unspecified atom stereocenters. The summed E-state index contributed by atoms with van der Waals surface area (Å²) in [5.41, 5.74) is 0.184. The molecule has 0 spiro atoms. The molecule has 0 fully saturated rings. The molecule has 6 nitrogen and oxygen atoms in total. The van der Waals surface area contributed by atoms with E-state index in [4.69, 9.17) is 4.74 Å². The van der Waals surface area contributed by atoms with E-state index in [1.54, 1.807) is 12.1 Å². The Kier molecular flexibility index (Phi) is 4.45. The average molecular weight is 384 g/mol. The van der Waals surface area contributed by atoms with E-state index in [1.807, 2.05) is 0 Å². The van der Waals surface area contributed by atoms with E-state index in [0.29, 0.717) is 0 Å². The van der Waals surface area contributed by atoms with Gasteiger partial charge in [0.2, 0.25) is 15.7 Å². The van der Waals surface area contributed by atoms with Crippen LogP contribution in [-0.2, 0) is 16.0 Å². The monoisotopic (exact) mass is 384 g/mol. The second-order valence-corrected chi connectivity index (χ2v) is 7.02. The van der Waals surface area contributed by atoms with E-state index in [0.717, 1.165) is 0 Å². The molecule has 0 amide bonds. The summed E-state index contributed by atoms with van der Waals surface area (Å²) < 4.78 is 72.2. The molecule has 3 aromatic rings. The Balaban J connectivity index is 1.96. The largest absolute Gasteiger partial charge is 0.495 e. The topological polar surface area (TPSA) is 82.3 Å². The average Bonchev–Trinajstić information content (AvgIpc) is 3.12. The highest BCUT2D eigenvalue weighted by Gasteiger charge is 2.38. The fourth-order valence-corrected chi connectivity index (χ4v) is 3.63. The number of benzene rings is 2. The van der Waals surface area contributed by atoms with E-state index in [2.05, 4.69) is 14.7 Å². The standard InChI is InChI=1S/C16H11F3N2O4S/c1-24-12-4-2-3-5-13(12)26(22,23)11-8-6-10(7-9-11)14-20-15(25-21-14)16(17,18)19/h2-9H,1H3. The highest BCUT2D eigenvalue weighted by atomic mass is 32.2. The zero-order chi connectivity index (χ0) is 18.9. The SMILES string of the molecule is COc1ccccc1S(=O)(=O)c1ccc(-c2noc(C(F)(F)F)n2)cc1. The zero-order valence-electron chi connectivity index (χ0n) is 13.2. The predicted octanol–water partition coefficient (Wildman–Crippen LogP) is 3.60. The van der Waals surface area contributed by atoms with Gasteiger partial charge >= 0.3 is 12.1 Å². The highest BCUT2D eigenvalue weighted by Crippen LogP contribution is 2.31. The molecular weight excluding hydrogens is 373 g/mol. The van der Waals surface area contributed by atoms with Crippen LogP contribution in [0, 0.1) is 0 Å². The summed E-state index contributed by atoms with van der Waals surface area (Å²) in [6.07, 6.45) is -4.75. The Hall–Kier alpha value is -2.88. The van der Waals surface area contributed by atoms with Crippen molar-refractivity contribution >= 4 is 9.84 Å². The van der Waals surface area contributed by atoms with Crippen LogP contribution in [0.15, 0.2) is 62.8 Å². The maximum absolute atomic E-state index is 12.7. The molecule has 0 aliphatic carbocycles. The van der Waals surface area contributed by atoms with Crippen LogP contribution >= 0.6 is 0 Å². The van der Waals surface area contributed by atoms with Gasteiger partial charge in [0, 0.05) is 5.56 Å². The van der Waals surface area contributed by atoms with Crippen LogP contribution in [0.4, 0.5) is 13.2 Å². The van der Waals surface area contributed by atoms with Crippen LogP contribution in [0.3, 0.4) is 0 Å². The first kappa shape index (κ1) is 17.9. The van der Waals surface area contributed by atoms with Crippen LogP contribution < -0.4 is 4.74 Å². The first-order valence-electron chi connectivity index (χ1n) is 7.13. The molecule has 2 aromatic carbocycles. The minimum atomic E-state index is -4.75. The number of halogens is 3. The van der Waals surface area contributed by atoms with Gasteiger partial charge in [-0.1, -0.05) is 17.3 Å². The fourth-order valence-electron chi connectivity index (χ4n) is 2.21.